The summed E-state index contributed by atoms with van der Waals surface area (Å²) >= 11 is 5.73. The maximum absolute atomic E-state index is 5.71. The van der Waals surface area contributed by atoms with E-state index in [1.165, 1.54) is 0 Å². The number of hydrazone groups is 1. The minimum atomic E-state index is 0.463. The molecule has 0 saturated heterocycles. The van der Waals surface area contributed by atoms with Crippen LogP contribution in [0.15, 0.2) is 64.7 Å². The van der Waals surface area contributed by atoms with Gasteiger partial charge in [-0.25, -0.2) is 0 Å². The third-order valence-electron chi connectivity index (χ3n) is 2.55. The Bertz CT molecular complexity index is 644. The Hall–Kier alpha value is -1.34. The van der Waals surface area contributed by atoms with Crippen LogP contribution in [0, 0.1) is 3.57 Å². The van der Waals surface area contributed by atoms with Crippen LogP contribution in [0.4, 0.5) is 5.69 Å². The van der Waals surface area contributed by atoms with Gasteiger partial charge in [-0.15, -0.1) is 0 Å². The molecule has 5 heteroatoms. The number of para-hydroxylation sites is 1. The minimum Gasteiger partial charge on any atom is -0.488 e. The van der Waals surface area contributed by atoms with Crippen molar-refractivity contribution in [2.24, 2.45) is 5.10 Å². The molecule has 108 valence electrons. The molecule has 0 atom stereocenters. The molecule has 2 aromatic carbocycles. The zero-order valence-electron chi connectivity index (χ0n) is 11.2. The van der Waals surface area contributed by atoms with Gasteiger partial charge < -0.3 is 4.74 Å². The zero-order valence-corrected chi connectivity index (χ0v) is 15.0. The van der Waals surface area contributed by atoms with E-state index in [1.54, 1.807) is 12.3 Å². The van der Waals surface area contributed by atoms with Crippen molar-refractivity contribution in [3.8, 4) is 5.75 Å². The normalized spacial score (nSPS) is 10.6. The van der Waals surface area contributed by atoms with Crippen LogP contribution in [-0.4, -0.2) is 12.8 Å². The van der Waals surface area contributed by atoms with E-state index in [0.29, 0.717) is 6.61 Å². The van der Waals surface area contributed by atoms with Crippen LogP contribution >= 0.6 is 38.5 Å². The maximum Gasteiger partial charge on any atom is 0.142 e. The second-order valence-electron chi connectivity index (χ2n) is 4.14. The number of hydrogen-bond donors (Lipinski definition) is 1. The minimum absolute atomic E-state index is 0.463. The second kappa shape index (κ2) is 8.19. The lowest BCUT2D eigenvalue weighted by Gasteiger charge is -2.10. The summed E-state index contributed by atoms with van der Waals surface area (Å²) in [5, 5.41) is 4.26. The lowest BCUT2D eigenvalue weighted by atomic mass is 10.2. The van der Waals surface area contributed by atoms with Gasteiger partial charge in [-0.3, -0.25) is 5.43 Å². The van der Waals surface area contributed by atoms with Crippen LogP contribution in [-0.2, 0) is 0 Å². The Morgan fingerprint density at radius 2 is 2.05 bits per heavy atom. The number of anilines is 1. The number of ether oxygens (including phenoxy) is 1. The van der Waals surface area contributed by atoms with Crippen LogP contribution in [0.25, 0.3) is 0 Å². The predicted molar refractivity (Wildman–Crippen MR) is 100 cm³/mol. The molecule has 0 fully saturated rings. The van der Waals surface area contributed by atoms with Crippen LogP contribution in [0.1, 0.15) is 5.56 Å². The highest BCUT2D eigenvalue weighted by molar-refractivity contribution is 14.1. The molecule has 3 nitrogen and oxygen atoms in total. The first kappa shape index (κ1) is 16.0. The van der Waals surface area contributed by atoms with E-state index >= 15 is 0 Å². The van der Waals surface area contributed by atoms with Crippen LogP contribution in [0.2, 0.25) is 0 Å². The summed E-state index contributed by atoms with van der Waals surface area (Å²) in [4.78, 5) is 0. The van der Waals surface area contributed by atoms with Crippen molar-refractivity contribution < 1.29 is 4.74 Å². The summed E-state index contributed by atoms with van der Waals surface area (Å²) in [6.45, 7) is 4.13. The van der Waals surface area contributed by atoms with Crippen molar-refractivity contribution in [2.45, 2.75) is 0 Å². The molecule has 0 aliphatic carbocycles. The van der Waals surface area contributed by atoms with Crippen molar-refractivity contribution >= 4 is 50.4 Å². The topological polar surface area (TPSA) is 33.6 Å². The molecule has 0 unspecified atom stereocenters. The molecule has 1 N–H and O–H groups in total. The van der Waals surface area contributed by atoms with Gasteiger partial charge in [-0.05, 0) is 46.9 Å². The number of nitrogens with zero attached hydrogens (tertiary/aromatic N) is 1. The Labute approximate surface area is 146 Å². The zero-order chi connectivity index (χ0) is 15.1. The molecule has 0 heterocycles. The number of benzene rings is 2. The van der Waals surface area contributed by atoms with Gasteiger partial charge in [0.25, 0.3) is 0 Å². The molecule has 0 aromatic heterocycles. The molecule has 0 aliphatic heterocycles. The summed E-state index contributed by atoms with van der Waals surface area (Å²) < 4.78 is 7.71. The van der Waals surface area contributed by atoms with E-state index < -0.39 is 0 Å². The fourth-order valence-electron chi connectivity index (χ4n) is 1.66. The highest BCUT2D eigenvalue weighted by Gasteiger charge is 2.08. The molecule has 0 radical (unpaired) electrons. The Kier molecular flexibility index (Phi) is 6.25. The second-order valence-corrected chi connectivity index (χ2v) is 6.22. The van der Waals surface area contributed by atoms with E-state index in [1.807, 2.05) is 42.5 Å². The van der Waals surface area contributed by atoms with Gasteiger partial charge in [0.15, 0.2) is 0 Å². The Balaban J connectivity index is 2.19. The van der Waals surface area contributed by atoms with Crippen molar-refractivity contribution in [2.75, 3.05) is 12.0 Å². The van der Waals surface area contributed by atoms with Crippen molar-refractivity contribution in [1.82, 2.24) is 0 Å². The summed E-state index contributed by atoms with van der Waals surface area (Å²) in [6.07, 6.45) is 3.47. The van der Waals surface area contributed by atoms with Crippen molar-refractivity contribution in [3.63, 3.8) is 0 Å². The average molecular weight is 457 g/mol. The summed E-state index contributed by atoms with van der Waals surface area (Å²) in [5.74, 6) is 0.803. The summed E-state index contributed by atoms with van der Waals surface area (Å²) in [5.41, 5.74) is 4.83. The van der Waals surface area contributed by atoms with Gasteiger partial charge in [-0.1, -0.05) is 46.8 Å². The van der Waals surface area contributed by atoms with Crippen molar-refractivity contribution in [1.29, 1.82) is 0 Å². The van der Waals surface area contributed by atoms with Gasteiger partial charge in [0, 0.05) is 10.0 Å². The molecular formula is C16H14BrIN2O. The molecule has 0 aliphatic rings. The Morgan fingerprint density at radius 3 is 2.76 bits per heavy atom. The molecule has 0 saturated carbocycles. The molecule has 2 rings (SSSR count). The van der Waals surface area contributed by atoms with E-state index in [-0.39, 0.29) is 0 Å². The van der Waals surface area contributed by atoms with Crippen LogP contribution in [0.3, 0.4) is 0 Å². The van der Waals surface area contributed by atoms with E-state index in [0.717, 1.165) is 25.0 Å². The number of halogens is 2. The monoisotopic (exact) mass is 456 g/mol. The third-order valence-corrected chi connectivity index (χ3v) is 3.81. The lowest BCUT2D eigenvalue weighted by molar-refractivity contribution is 0.360. The quantitative estimate of drug-likeness (QED) is 0.285. The smallest absolute Gasteiger partial charge is 0.142 e. The van der Waals surface area contributed by atoms with Gasteiger partial charge in [-0.2, -0.15) is 5.10 Å². The van der Waals surface area contributed by atoms with Gasteiger partial charge in [0.2, 0.25) is 0 Å². The first-order valence-electron chi connectivity index (χ1n) is 6.27. The summed E-state index contributed by atoms with van der Waals surface area (Å²) in [7, 11) is 0. The molecule has 2 aromatic rings. The molecular weight excluding hydrogens is 443 g/mol. The molecule has 0 spiro atoms. The molecule has 21 heavy (non-hydrogen) atoms. The van der Waals surface area contributed by atoms with Crippen LogP contribution < -0.4 is 10.2 Å². The molecule has 0 bridgehead atoms. The SMILES string of the molecule is C=CCOc1c(I)cc(Br)cc1C=NNc1ccccc1. The van der Waals surface area contributed by atoms with E-state index in [2.05, 4.69) is 55.6 Å². The largest absolute Gasteiger partial charge is 0.488 e. The van der Waals surface area contributed by atoms with Crippen molar-refractivity contribution in [3.05, 3.63) is 68.7 Å². The summed E-state index contributed by atoms with van der Waals surface area (Å²) in [6, 6.07) is 13.8. The lowest BCUT2D eigenvalue weighted by Crippen LogP contribution is -2.00. The maximum atomic E-state index is 5.71. The molecule has 0 amide bonds. The van der Waals surface area contributed by atoms with E-state index in [4.69, 9.17) is 4.74 Å². The highest BCUT2D eigenvalue weighted by atomic mass is 127. The average Bonchev–Trinajstić information content (AvgIpc) is 2.47. The fourth-order valence-corrected chi connectivity index (χ4v) is 3.37. The number of hydrogen-bond acceptors (Lipinski definition) is 3. The first-order chi connectivity index (χ1) is 10.2. The predicted octanol–water partition coefficient (Wildman–Crippen LogP) is 5.06. The van der Waals surface area contributed by atoms with Gasteiger partial charge in [0.1, 0.15) is 12.4 Å². The number of nitrogens with one attached hydrogen (secondary N) is 1. The van der Waals surface area contributed by atoms with Gasteiger partial charge >= 0.3 is 0 Å². The van der Waals surface area contributed by atoms with Gasteiger partial charge in [0.05, 0.1) is 15.5 Å². The van der Waals surface area contributed by atoms with E-state index in [9.17, 15) is 0 Å². The number of rotatable bonds is 6. The Morgan fingerprint density at radius 1 is 1.29 bits per heavy atom. The fraction of sp³-hybridized carbons (Fsp3) is 0.0625. The third kappa shape index (κ3) is 4.86. The van der Waals surface area contributed by atoms with Crippen LogP contribution in [0.5, 0.6) is 5.75 Å². The standard InChI is InChI=1S/C16H14BrIN2O/c1-2-8-21-16-12(9-13(17)10-15(16)18)11-19-20-14-6-4-3-5-7-14/h2-7,9-11,20H,1,8H2. The highest BCUT2D eigenvalue weighted by Crippen LogP contribution is 2.29. The first-order valence-corrected chi connectivity index (χ1v) is 8.14.